The predicted octanol–water partition coefficient (Wildman–Crippen LogP) is 2.59. The van der Waals surface area contributed by atoms with Gasteiger partial charge < -0.3 is 15.1 Å². The number of nitrogens with zero attached hydrogens (tertiary/aromatic N) is 3. The summed E-state index contributed by atoms with van der Waals surface area (Å²) >= 11 is 0. The third kappa shape index (κ3) is 6.85. The highest BCUT2D eigenvalue weighted by atomic mass is 19.4. The first-order valence-corrected chi connectivity index (χ1v) is 10.9. The standard InChI is InChI=1S/C22H31F3N4O2/c1-17(30)26-16-21(31)29-9-6-18(7-10-29)5-8-27-11-13-28(14-12-27)20-4-2-3-19(15-20)22(23,24)25/h2-4,15,18H,5-14,16H2,1H3,(H,26,30). The van der Waals surface area contributed by atoms with Gasteiger partial charge in [0.1, 0.15) is 0 Å². The van der Waals surface area contributed by atoms with E-state index in [-0.39, 0.29) is 18.4 Å². The quantitative estimate of drug-likeness (QED) is 0.739. The Morgan fingerprint density at radius 1 is 1.06 bits per heavy atom. The maximum Gasteiger partial charge on any atom is 0.416 e. The van der Waals surface area contributed by atoms with Crippen LogP contribution in [0.2, 0.25) is 0 Å². The molecule has 2 heterocycles. The van der Waals surface area contributed by atoms with E-state index < -0.39 is 11.7 Å². The van der Waals surface area contributed by atoms with Gasteiger partial charge in [0.05, 0.1) is 12.1 Å². The van der Waals surface area contributed by atoms with E-state index in [1.807, 2.05) is 9.80 Å². The first kappa shape index (κ1) is 23.4. The smallest absolute Gasteiger partial charge is 0.369 e. The van der Waals surface area contributed by atoms with Crippen LogP contribution in [-0.4, -0.2) is 74.0 Å². The number of alkyl halides is 3. The van der Waals surface area contributed by atoms with Gasteiger partial charge in [-0.15, -0.1) is 0 Å². The summed E-state index contributed by atoms with van der Waals surface area (Å²) in [5.74, 6) is 0.349. The highest BCUT2D eigenvalue weighted by Gasteiger charge is 2.31. The molecule has 3 rings (SSSR count). The molecule has 0 aliphatic carbocycles. The second-order valence-electron chi connectivity index (χ2n) is 8.40. The van der Waals surface area contributed by atoms with Gasteiger partial charge in [0.25, 0.3) is 0 Å². The van der Waals surface area contributed by atoms with Gasteiger partial charge in [0.2, 0.25) is 11.8 Å². The number of benzene rings is 1. The van der Waals surface area contributed by atoms with Crippen LogP contribution < -0.4 is 10.2 Å². The van der Waals surface area contributed by atoms with E-state index in [4.69, 9.17) is 0 Å². The molecule has 1 aromatic rings. The molecule has 9 heteroatoms. The van der Waals surface area contributed by atoms with Gasteiger partial charge in [-0.1, -0.05) is 6.07 Å². The Labute approximate surface area is 181 Å². The number of carbonyl (C=O) groups is 2. The fraction of sp³-hybridized carbons (Fsp3) is 0.636. The van der Waals surface area contributed by atoms with Crippen LogP contribution in [0.15, 0.2) is 24.3 Å². The minimum Gasteiger partial charge on any atom is -0.369 e. The molecule has 2 fully saturated rings. The SMILES string of the molecule is CC(=O)NCC(=O)N1CCC(CCN2CCN(c3cccc(C(F)(F)F)c3)CC2)CC1. The summed E-state index contributed by atoms with van der Waals surface area (Å²) in [7, 11) is 0. The number of halogens is 3. The molecule has 6 nitrogen and oxygen atoms in total. The lowest BCUT2D eigenvalue weighted by molar-refractivity contribution is -0.137. The molecular weight excluding hydrogens is 409 g/mol. The lowest BCUT2D eigenvalue weighted by Crippen LogP contribution is -2.47. The van der Waals surface area contributed by atoms with Gasteiger partial charge in [0, 0.05) is 51.9 Å². The Morgan fingerprint density at radius 2 is 1.74 bits per heavy atom. The van der Waals surface area contributed by atoms with E-state index in [1.54, 1.807) is 6.07 Å². The van der Waals surface area contributed by atoms with Crippen molar-refractivity contribution in [2.75, 3.05) is 57.3 Å². The maximum atomic E-state index is 12.9. The molecule has 0 spiro atoms. The highest BCUT2D eigenvalue weighted by molar-refractivity contribution is 5.83. The van der Waals surface area contributed by atoms with Crippen LogP contribution >= 0.6 is 0 Å². The predicted molar refractivity (Wildman–Crippen MR) is 113 cm³/mol. The van der Waals surface area contributed by atoms with Crippen molar-refractivity contribution in [1.29, 1.82) is 0 Å². The Bertz CT molecular complexity index is 755. The second-order valence-corrected chi connectivity index (χ2v) is 8.40. The number of likely N-dealkylation sites (tertiary alicyclic amines) is 1. The molecule has 0 atom stereocenters. The molecule has 0 unspecified atom stereocenters. The first-order valence-electron chi connectivity index (χ1n) is 10.9. The summed E-state index contributed by atoms with van der Waals surface area (Å²) in [6.45, 7) is 7.01. The van der Waals surface area contributed by atoms with Gasteiger partial charge in [-0.2, -0.15) is 13.2 Å². The monoisotopic (exact) mass is 440 g/mol. The number of piperazine rings is 1. The minimum atomic E-state index is -4.32. The number of piperidine rings is 1. The lowest BCUT2D eigenvalue weighted by Gasteiger charge is -2.38. The molecule has 2 saturated heterocycles. The van der Waals surface area contributed by atoms with Gasteiger partial charge in [0.15, 0.2) is 0 Å². The molecule has 31 heavy (non-hydrogen) atoms. The summed E-state index contributed by atoms with van der Waals surface area (Å²) in [4.78, 5) is 29.2. The first-order chi connectivity index (χ1) is 14.7. The molecule has 1 aromatic carbocycles. The Balaban J connectivity index is 1.37. The number of nitrogens with one attached hydrogen (secondary N) is 1. The van der Waals surface area contributed by atoms with Crippen molar-refractivity contribution in [2.24, 2.45) is 5.92 Å². The second kappa shape index (κ2) is 10.3. The van der Waals surface area contributed by atoms with E-state index in [9.17, 15) is 22.8 Å². The van der Waals surface area contributed by atoms with Crippen LogP contribution in [0.3, 0.4) is 0 Å². The Morgan fingerprint density at radius 3 is 2.35 bits per heavy atom. The topological polar surface area (TPSA) is 55.9 Å². The van der Waals surface area contributed by atoms with Gasteiger partial charge in [-0.05, 0) is 49.9 Å². The van der Waals surface area contributed by atoms with Crippen molar-refractivity contribution < 1.29 is 22.8 Å². The molecular formula is C22H31F3N4O2. The molecule has 0 radical (unpaired) electrons. The van der Waals surface area contributed by atoms with E-state index >= 15 is 0 Å². The Hall–Kier alpha value is -2.29. The van der Waals surface area contributed by atoms with Crippen LogP contribution in [0, 0.1) is 5.92 Å². The molecule has 2 amide bonds. The third-order valence-electron chi connectivity index (χ3n) is 6.22. The molecule has 2 aliphatic rings. The lowest BCUT2D eigenvalue weighted by atomic mass is 9.93. The fourth-order valence-corrected chi connectivity index (χ4v) is 4.26. The van der Waals surface area contributed by atoms with Crippen molar-refractivity contribution in [3.8, 4) is 0 Å². The van der Waals surface area contributed by atoms with Crippen molar-refractivity contribution in [1.82, 2.24) is 15.1 Å². The average Bonchev–Trinajstić information content (AvgIpc) is 2.76. The zero-order valence-electron chi connectivity index (χ0n) is 18.0. The van der Waals surface area contributed by atoms with Crippen molar-refractivity contribution >= 4 is 17.5 Å². The van der Waals surface area contributed by atoms with Gasteiger partial charge in [-0.25, -0.2) is 0 Å². The number of rotatable bonds is 6. The largest absolute Gasteiger partial charge is 0.416 e. The molecule has 172 valence electrons. The van der Waals surface area contributed by atoms with Gasteiger partial charge >= 0.3 is 6.18 Å². The zero-order valence-corrected chi connectivity index (χ0v) is 18.0. The van der Waals surface area contributed by atoms with Crippen molar-refractivity contribution in [3.63, 3.8) is 0 Å². The number of hydrogen-bond donors (Lipinski definition) is 1. The van der Waals surface area contributed by atoms with Crippen LogP contribution in [0.5, 0.6) is 0 Å². The zero-order chi connectivity index (χ0) is 22.4. The third-order valence-corrected chi connectivity index (χ3v) is 6.22. The van der Waals surface area contributed by atoms with Crippen LogP contribution in [-0.2, 0) is 15.8 Å². The molecule has 2 aliphatic heterocycles. The number of carbonyl (C=O) groups excluding carboxylic acids is 2. The minimum absolute atomic E-state index is 0.0284. The molecule has 1 N–H and O–H groups in total. The Kier molecular flexibility index (Phi) is 7.80. The summed E-state index contributed by atoms with van der Waals surface area (Å²) in [6, 6.07) is 5.55. The number of hydrogen-bond acceptors (Lipinski definition) is 4. The van der Waals surface area contributed by atoms with Crippen molar-refractivity contribution in [3.05, 3.63) is 29.8 Å². The van der Waals surface area contributed by atoms with Gasteiger partial charge in [-0.3, -0.25) is 14.5 Å². The summed E-state index contributed by atoms with van der Waals surface area (Å²) < 4.78 is 38.8. The number of anilines is 1. The average molecular weight is 441 g/mol. The highest BCUT2D eigenvalue weighted by Crippen LogP contribution is 2.32. The molecule has 0 aromatic heterocycles. The van der Waals surface area contributed by atoms with Crippen LogP contribution in [0.25, 0.3) is 0 Å². The van der Waals surface area contributed by atoms with Crippen LogP contribution in [0.1, 0.15) is 31.7 Å². The van der Waals surface area contributed by atoms with E-state index in [2.05, 4.69) is 10.2 Å². The van der Waals surface area contributed by atoms with E-state index in [0.717, 1.165) is 71.1 Å². The summed E-state index contributed by atoms with van der Waals surface area (Å²) in [5, 5.41) is 2.55. The van der Waals surface area contributed by atoms with Crippen molar-refractivity contribution in [2.45, 2.75) is 32.4 Å². The normalized spacial score (nSPS) is 18.8. The maximum absolute atomic E-state index is 12.9. The molecule has 0 bridgehead atoms. The summed E-state index contributed by atoms with van der Waals surface area (Å²) in [6.07, 6.45) is -1.31. The van der Waals surface area contributed by atoms with E-state index in [0.29, 0.717) is 11.6 Å². The number of amides is 2. The summed E-state index contributed by atoms with van der Waals surface area (Å²) in [5.41, 5.74) is 0.0279. The van der Waals surface area contributed by atoms with Crippen LogP contribution in [0.4, 0.5) is 18.9 Å². The fourth-order valence-electron chi connectivity index (χ4n) is 4.26. The molecule has 0 saturated carbocycles. The van der Waals surface area contributed by atoms with E-state index in [1.165, 1.54) is 19.1 Å².